The lowest BCUT2D eigenvalue weighted by atomic mass is 10.1. The van der Waals surface area contributed by atoms with Crippen LogP contribution in [0.25, 0.3) is 10.4 Å². The third kappa shape index (κ3) is 5.43. The molecule has 2 aromatic heterocycles. The first-order valence-corrected chi connectivity index (χ1v) is 11.3. The van der Waals surface area contributed by atoms with E-state index in [4.69, 9.17) is 0 Å². The molecule has 2 N–H and O–H groups in total. The van der Waals surface area contributed by atoms with Gasteiger partial charge in [-0.05, 0) is 44.2 Å². The van der Waals surface area contributed by atoms with Crippen LogP contribution in [0.3, 0.4) is 0 Å². The second-order valence-corrected chi connectivity index (χ2v) is 9.23. The van der Waals surface area contributed by atoms with Crippen molar-refractivity contribution in [2.24, 2.45) is 0 Å². The number of anilines is 3. The van der Waals surface area contributed by atoms with E-state index in [0.29, 0.717) is 36.9 Å². The average molecular weight is 479 g/mol. The number of aromatic nitrogens is 3. The van der Waals surface area contributed by atoms with Crippen LogP contribution in [0, 0.1) is 6.92 Å². The molecule has 1 saturated heterocycles. The van der Waals surface area contributed by atoms with Crippen molar-refractivity contribution in [2.75, 3.05) is 43.4 Å². The first-order chi connectivity index (χ1) is 15.6. The predicted octanol–water partition coefficient (Wildman–Crippen LogP) is 4.48. The Balaban J connectivity index is 1.64. The maximum absolute atomic E-state index is 13.6. The van der Waals surface area contributed by atoms with Gasteiger partial charge in [-0.25, -0.2) is 9.97 Å². The summed E-state index contributed by atoms with van der Waals surface area (Å²) in [6.07, 6.45) is -2.65. The van der Waals surface area contributed by atoms with Gasteiger partial charge in [-0.3, -0.25) is 0 Å². The third-order valence-electron chi connectivity index (χ3n) is 5.38. The zero-order valence-electron chi connectivity index (χ0n) is 18.5. The zero-order chi connectivity index (χ0) is 23.8. The summed E-state index contributed by atoms with van der Waals surface area (Å²) in [6.45, 7) is 5.83. The van der Waals surface area contributed by atoms with Crippen LogP contribution in [0.15, 0.2) is 30.6 Å². The fourth-order valence-electron chi connectivity index (χ4n) is 3.63. The van der Waals surface area contributed by atoms with Crippen molar-refractivity contribution in [3.05, 3.63) is 46.7 Å². The van der Waals surface area contributed by atoms with Crippen LogP contribution in [0.5, 0.6) is 0 Å². The minimum absolute atomic E-state index is 0.0995. The molecular formula is C22H25F3N6OS. The zero-order valence-corrected chi connectivity index (χ0v) is 19.3. The third-order valence-corrected chi connectivity index (χ3v) is 6.59. The van der Waals surface area contributed by atoms with Gasteiger partial charge in [0.2, 0.25) is 5.95 Å². The summed E-state index contributed by atoms with van der Waals surface area (Å²) in [5.74, 6) is -0.00698. The number of alkyl halides is 3. The summed E-state index contributed by atoms with van der Waals surface area (Å²) in [7, 11) is 1.94. The molecule has 1 aliphatic heterocycles. The highest BCUT2D eigenvalue weighted by Crippen LogP contribution is 2.37. The number of likely N-dealkylation sites (N-methyl/N-ethyl adjacent to an activating group) is 1. The molecule has 0 aliphatic carbocycles. The van der Waals surface area contributed by atoms with Crippen LogP contribution in [0.2, 0.25) is 0 Å². The lowest BCUT2D eigenvalue weighted by Crippen LogP contribution is -2.45. The van der Waals surface area contributed by atoms with E-state index >= 15 is 0 Å². The van der Waals surface area contributed by atoms with Gasteiger partial charge in [-0.2, -0.15) is 18.2 Å². The van der Waals surface area contributed by atoms with Crippen molar-refractivity contribution >= 4 is 28.8 Å². The number of benzene rings is 1. The van der Waals surface area contributed by atoms with Crippen molar-refractivity contribution in [1.82, 2.24) is 19.9 Å². The Morgan fingerprint density at radius 3 is 2.45 bits per heavy atom. The van der Waals surface area contributed by atoms with Crippen LogP contribution in [0.1, 0.15) is 29.2 Å². The summed E-state index contributed by atoms with van der Waals surface area (Å²) < 4.78 is 40.9. The fourth-order valence-corrected chi connectivity index (χ4v) is 4.48. The predicted molar refractivity (Wildman–Crippen MR) is 123 cm³/mol. The minimum atomic E-state index is -4.54. The van der Waals surface area contributed by atoms with E-state index in [1.807, 2.05) is 32.2 Å². The van der Waals surface area contributed by atoms with E-state index in [-0.39, 0.29) is 11.8 Å². The van der Waals surface area contributed by atoms with Gasteiger partial charge in [-0.1, -0.05) is 6.07 Å². The number of aryl methyl sites for hydroxylation is 1. The first kappa shape index (κ1) is 23.4. The Kier molecular flexibility index (Phi) is 6.55. The van der Waals surface area contributed by atoms with Crippen molar-refractivity contribution in [3.8, 4) is 10.4 Å². The van der Waals surface area contributed by atoms with Gasteiger partial charge in [-0.15, -0.1) is 11.3 Å². The van der Waals surface area contributed by atoms with Crippen LogP contribution < -0.4 is 10.2 Å². The molecule has 0 bridgehead atoms. The molecule has 33 heavy (non-hydrogen) atoms. The molecule has 1 atom stereocenters. The number of piperazine rings is 1. The normalized spacial score (nSPS) is 16.2. The monoisotopic (exact) mass is 478 g/mol. The molecule has 3 heterocycles. The van der Waals surface area contributed by atoms with Crippen molar-refractivity contribution < 1.29 is 18.3 Å². The molecule has 1 unspecified atom stereocenters. The van der Waals surface area contributed by atoms with Gasteiger partial charge in [0.15, 0.2) is 0 Å². The lowest BCUT2D eigenvalue weighted by molar-refractivity contribution is -0.137. The highest BCUT2D eigenvalue weighted by atomic mass is 32.1. The van der Waals surface area contributed by atoms with Crippen LogP contribution in [0.4, 0.5) is 30.6 Å². The average Bonchev–Trinajstić information content (AvgIpc) is 3.24. The maximum Gasteiger partial charge on any atom is 0.421 e. The highest BCUT2D eigenvalue weighted by Gasteiger charge is 2.37. The molecule has 11 heteroatoms. The number of rotatable bonds is 5. The largest absolute Gasteiger partial charge is 0.421 e. The topological polar surface area (TPSA) is 77.4 Å². The second-order valence-electron chi connectivity index (χ2n) is 8.17. The number of aliphatic hydroxyl groups excluding tert-OH is 1. The number of aliphatic hydroxyl groups is 1. The van der Waals surface area contributed by atoms with Gasteiger partial charge in [0.05, 0.1) is 4.88 Å². The van der Waals surface area contributed by atoms with Crippen molar-refractivity contribution in [3.63, 3.8) is 0 Å². The van der Waals surface area contributed by atoms with Crippen molar-refractivity contribution in [2.45, 2.75) is 26.1 Å². The summed E-state index contributed by atoms with van der Waals surface area (Å²) in [6, 6.07) is 5.72. The molecular weight excluding hydrogens is 453 g/mol. The number of halogens is 3. The molecule has 3 aromatic rings. The van der Waals surface area contributed by atoms with Crippen LogP contribution in [-0.4, -0.2) is 58.2 Å². The van der Waals surface area contributed by atoms with Gasteiger partial charge in [0.1, 0.15) is 22.5 Å². The van der Waals surface area contributed by atoms with E-state index in [1.54, 1.807) is 18.0 Å². The van der Waals surface area contributed by atoms with Gasteiger partial charge >= 0.3 is 6.18 Å². The van der Waals surface area contributed by atoms with E-state index in [0.717, 1.165) is 22.2 Å². The molecule has 4 rings (SSSR count). The molecule has 0 radical (unpaired) electrons. The molecule has 1 aliphatic rings. The second kappa shape index (κ2) is 9.24. The summed E-state index contributed by atoms with van der Waals surface area (Å²) in [5, 5.41) is 13.4. The summed E-state index contributed by atoms with van der Waals surface area (Å²) in [4.78, 5) is 17.1. The Hall–Kier alpha value is -2.76. The van der Waals surface area contributed by atoms with Gasteiger partial charge < -0.3 is 20.2 Å². The molecule has 176 valence electrons. The fraction of sp³-hybridized carbons (Fsp3) is 0.409. The lowest BCUT2D eigenvalue weighted by Gasteiger charge is -2.34. The van der Waals surface area contributed by atoms with Crippen molar-refractivity contribution in [1.29, 1.82) is 0 Å². The standard InChI is InChI=1S/C22H25F3N6OS/c1-13-8-15(18-12-26-20(33-18)14(2)32)10-16(9-13)28-21-27-11-17(22(23,24)25)19(29-21)31-6-4-30(3)5-7-31/h8-12,14,32H,4-7H2,1-3H3,(H,27,28,29). The highest BCUT2D eigenvalue weighted by molar-refractivity contribution is 7.15. The number of hydrogen-bond acceptors (Lipinski definition) is 8. The van der Waals surface area contributed by atoms with Crippen LogP contribution >= 0.6 is 11.3 Å². The van der Waals surface area contributed by atoms with E-state index < -0.39 is 17.8 Å². The Labute approximate surface area is 193 Å². The maximum atomic E-state index is 13.6. The molecule has 0 spiro atoms. The van der Waals surface area contributed by atoms with E-state index in [2.05, 4.69) is 25.2 Å². The Morgan fingerprint density at radius 2 is 1.82 bits per heavy atom. The number of hydrogen-bond donors (Lipinski definition) is 2. The first-order valence-electron chi connectivity index (χ1n) is 10.5. The van der Waals surface area contributed by atoms with Crippen LogP contribution in [-0.2, 0) is 6.18 Å². The minimum Gasteiger partial charge on any atom is -0.386 e. The smallest absolute Gasteiger partial charge is 0.386 e. The molecule has 1 aromatic carbocycles. The molecule has 1 fully saturated rings. The SMILES string of the molecule is Cc1cc(Nc2ncc(C(F)(F)F)c(N3CCN(C)CC3)n2)cc(-c2cnc(C(C)O)s2)c1. The molecule has 0 saturated carbocycles. The van der Waals surface area contributed by atoms with E-state index in [9.17, 15) is 18.3 Å². The Morgan fingerprint density at radius 1 is 1.09 bits per heavy atom. The van der Waals surface area contributed by atoms with E-state index in [1.165, 1.54) is 11.3 Å². The molecule has 0 amide bonds. The summed E-state index contributed by atoms with van der Waals surface area (Å²) >= 11 is 1.39. The van der Waals surface area contributed by atoms with Gasteiger partial charge in [0, 0.05) is 44.3 Å². The quantitative estimate of drug-likeness (QED) is 0.560. The van der Waals surface area contributed by atoms with Gasteiger partial charge in [0.25, 0.3) is 0 Å². The number of nitrogens with one attached hydrogen (secondary N) is 1. The Bertz CT molecular complexity index is 1130. The molecule has 7 nitrogen and oxygen atoms in total. The number of thiazole rings is 1. The number of nitrogens with zero attached hydrogens (tertiary/aromatic N) is 5. The summed E-state index contributed by atoms with van der Waals surface area (Å²) in [5.41, 5.74) is 1.65.